The van der Waals surface area contributed by atoms with Crippen molar-refractivity contribution in [3.8, 4) is 0 Å². The molecule has 1 aliphatic rings. The van der Waals surface area contributed by atoms with Crippen LogP contribution in [-0.2, 0) is 27.7 Å². The maximum atomic E-state index is 12.1. The van der Waals surface area contributed by atoms with Crippen molar-refractivity contribution in [2.75, 3.05) is 11.9 Å². The van der Waals surface area contributed by atoms with Crippen LogP contribution in [0, 0.1) is 0 Å². The van der Waals surface area contributed by atoms with E-state index in [2.05, 4.69) is 16.1 Å². The van der Waals surface area contributed by atoms with E-state index < -0.39 is 10.0 Å². The second-order valence-corrected chi connectivity index (χ2v) is 7.61. The van der Waals surface area contributed by atoms with Crippen LogP contribution >= 0.6 is 0 Å². The summed E-state index contributed by atoms with van der Waals surface area (Å²) in [6.45, 7) is 0.0635. The SMILES string of the molecule is O=C(CCNS(=O)(=O)c1ccccc1)Nc1ccc2c(c1)CCC2. The Kier molecular flexibility index (Phi) is 4.97. The zero-order valence-electron chi connectivity index (χ0n) is 13.3. The van der Waals surface area contributed by atoms with Gasteiger partial charge in [0.15, 0.2) is 0 Å². The van der Waals surface area contributed by atoms with Crippen molar-refractivity contribution in [2.45, 2.75) is 30.6 Å². The number of amides is 1. The molecule has 0 saturated heterocycles. The Morgan fingerprint density at radius 2 is 1.75 bits per heavy atom. The van der Waals surface area contributed by atoms with Crippen molar-refractivity contribution < 1.29 is 13.2 Å². The third kappa shape index (κ3) is 4.01. The van der Waals surface area contributed by atoms with Gasteiger partial charge in [0.05, 0.1) is 4.90 Å². The zero-order valence-corrected chi connectivity index (χ0v) is 14.1. The molecule has 24 heavy (non-hydrogen) atoms. The molecular weight excluding hydrogens is 324 g/mol. The first-order chi connectivity index (χ1) is 11.5. The van der Waals surface area contributed by atoms with Crippen molar-refractivity contribution >= 4 is 21.6 Å². The molecule has 3 rings (SSSR count). The van der Waals surface area contributed by atoms with Crippen molar-refractivity contribution in [1.29, 1.82) is 0 Å². The van der Waals surface area contributed by atoms with Gasteiger partial charge < -0.3 is 5.32 Å². The van der Waals surface area contributed by atoms with E-state index in [1.165, 1.54) is 23.3 Å². The van der Waals surface area contributed by atoms with E-state index in [9.17, 15) is 13.2 Å². The van der Waals surface area contributed by atoms with Crippen LogP contribution in [0.15, 0.2) is 53.4 Å². The molecule has 0 bridgehead atoms. The van der Waals surface area contributed by atoms with Gasteiger partial charge in [-0.15, -0.1) is 0 Å². The van der Waals surface area contributed by atoms with Gasteiger partial charge in [-0.3, -0.25) is 4.79 Å². The average Bonchev–Trinajstić information content (AvgIpc) is 3.03. The van der Waals surface area contributed by atoms with Gasteiger partial charge in [-0.25, -0.2) is 13.1 Å². The molecular formula is C18H20N2O3S. The second-order valence-electron chi connectivity index (χ2n) is 5.85. The van der Waals surface area contributed by atoms with Gasteiger partial charge in [0.1, 0.15) is 0 Å². The minimum absolute atomic E-state index is 0.0635. The van der Waals surface area contributed by atoms with E-state index >= 15 is 0 Å². The number of nitrogens with one attached hydrogen (secondary N) is 2. The molecule has 0 radical (unpaired) electrons. The first-order valence-corrected chi connectivity index (χ1v) is 9.49. The van der Waals surface area contributed by atoms with Crippen molar-refractivity contribution in [2.24, 2.45) is 0 Å². The Hall–Kier alpha value is -2.18. The molecule has 0 atom stereocenters. The van der Waals surface area contributed by atoms with Gasteiger partial charge in [-0.1, -0.05) is 24.3 Å². The van der Waals surface area contributed by atoms with Crippen molar-refractivity contribution in [3.63, 3.8) is 0 Å². The van der Waals surface area contributed by atoms with Crippen LogP contribution in [0.3, 0.4) is 0 Å². The summed E-state index contributed by atoms with van der Waals surface area (Å²) in [4.78, 5) is 12.2. The lowest BCUT2D eigenvalue weighted by Gasteiger charge is -2.09. The van der Waals surface area contributed by atoms with Crippen molar-refractivity contribution in [1.82, 2.24) is 4.72 Å². The topological polar surface area (TPSA) is 75.3 Å². The normalized spacial score (nSPS) is 13.5. The highest BCUT2D eigenvalue weighted by Crippen LogP contribution is 2.24. The number of sulfonamides is 1. The molecule has 0 unspecified atom stereocenters. The number of benzene rings is 2. The minimum Gasteiger partial charge on any atom is -0.326 e. The fourth-order valence-corrected chi connectivity index (χ4v) is 3.91. The van der Waals surface area contributed by atoms with Crippen molar-refractivity contribution in [3.05, 3.63) is 59.7 Å². The number of hydrogen-bond acceptors (Lipinski definition) is 3. The van der Waals surface area contributed by atoms with E-state index in [1.807, 2.05) is 12.1 Å². The van der Waals surface area contributed by atoms with Crippen LogP contribution < -0.4 is 10.0 Å². The van der Waals surface area contributed by atoms with E-state index in [0.29, 0.717) is 0 Å². The lowest BCUT2D eigenvalue weighted by atomic mass is 10.1. The number of carbonyl (C=O) groups is 1. The Morgan fingerprint density at radius 3 is 2.54 bits per heavy atom. The quantitative estimate of drug-likeness (QED) is 0.845. The Labute approximate surface area is 142 Å². The monoisotopic (exact) mass is 344 g/mol. The molecule has 6 heteroatoms. The summed E-state index contributed by atoms with van der Waals surface area (Å²) < 4.78 is 26.6. The van der Waals surface area contributed by atoms with Crippen LogP contribution in [0.1, 0.15) is 24.0 Å². The Balaban J connectivity index is 1.51. The molecule has 0 spiro atoms. The summed E-state index contributed by atoms with van der Waals surface area (Å²) in [5.41, 5.74) is 3.41. The molecule has 0 heterocycles. The van der Waals surface area contributed by atoms with Gasteiger partial charge >= 0.3 is 0 Å². The highest BCUT2D eigenvalue weighted by Gasteiger charge is 2.14. The molecule has 0 aromatic heterocycles. The lowest BCUT2D eigenvalue weighted by molar-refractivity contribution is -0.116. The standard InChI is InChI=1S/C18H20N2O3S/c21-18(20-16-10-9-14-5-4-6-15(14)13-16)11-12-19-24(22,23)17-7-2-1-3-8-17/h1-3,7-10,13,19H,4-6,11-12H2,(H,20,21). The fraction of sp³-hybridized carbons (Fsp3) is 0.278. The van der Waals surface area contributed by atoms with Gasteiger partial charge in [0.25, 0.3) is 0 Å². The molecule has 1 aliphatic carbocycles. The number of carbonyl (C=O) groups excluding carboxylic acids is 1. The van der Waals surface area contributed by atoms with Gasteiger partial charge in [-0.05, 0) is 54.7 Å². The Morgan fingerprint density at radius 1 is 1.00 bits per heavy atom. The third-order valence-corrected chi connectivity index (χ3v) is 5.56. The highest BCUT2D eigenvalue weighted by atomic mass is 32.2. The van der Waals surface area contributed by atoms with Crippen LogP contribution in [-0.4, -0.2) is 20.9 Å². The number of aryl methyl sites for hydroxylation is 2. The molecule has 0 aliphatic heterocycles. The summed E-state index contributed by atoms with van der Waals surface area (Å²) in [5, 5.41) is 2.82. The molecule has 126 valence electrons. The summed E-state index contributed by atoms with van der Waals surface area (Å²) in [6, 6.07) is 14.1. The number of anilines is 1. The minimum atomic E-state index is -3.57. The van der Waals surface area contributed by atoms with Crippen LogP contribution in [0.25, 0.3) is 0 Å². The molecule has 0 saturated carbocycles. The summed E-state index contributed by atoms with van der Waals surface area (Å²) in [7, 11) is -3.57. The number of fused-ring (bicyclic) bond motifs is 1. The molecule has 0 fully saturated rings. The molecule has 2 aromatic rings. The van der Waals surface area contributed by atoms with Crippen LogP contribution in [0.5, 0.6) is 0 Å². The molecule has 2 aromatic carbocycles. The molecule has 1 amide bonds. The van der Waals surface area contributed by atoms with E-state index in [-0.39, 0.29) is 23.8 Å². The lowest BCUT2D eigenvalue weighted by Crippen LogP contribution is -2.27. The average molecular weight is 344 g/mol. The number of rotatable bonds is 6. The second kappa shape index (κ2) is 7.15. The van der Waals surface area contributed by atoms with E-state index in [4.69, 9.17) is 0 Å². The van der Waals surface area contributed by atoms with Gasteiger partial charge in [0.2, 0.25) is 15.9 Å². The smallest absolute Gasteiger partial charge is 0.240 e. The molecule has 5 nitrogen and oxygen atoms in total. The summed E-state index contributed by atoms with van der Waals surface area (Å²) in [5.74, 6) is -0.205. The maximum Gasteiger partial charge on any atom is 0.240 e. The van der Waals surface area contributed by atoms with Crippen LogP contribution in [0.2, 0.25) is 0 Å². The first kappa shape index (κ1) is 16.7. The maximum absolute atomic E-state index is 12.1. The van der Waals surface area contributed by atoms with E-state index in [1.54, 1.807) is 18.2 Å². The van der Waals surface area contributed by atoms with Gasteiger partial charge in [0, 0.05) is 18.7 Å². The zero-order chi connectivity index (χ0) is 17.0. The fourth-order valence-electron chi connectivity index (χ4n) is 2.85. The highest BCUT2D eigenvalue weighted by molar-refractivity contribution is 7.89. The predicted octanol–water partition coefficient (Wildman–Crippen LogP) is 2.48. The predicted molar refractivity (Wildman–Crippen MR) is 93.3 cm³/mol. The first-order valence-electron chi connectivity index (χ1n) is 8.01. The largest absolute Gasteiger partial charge is 0.326 e. The summed E-state index contributed by atoms with van der Waals surface area (Å²) in [6.07, 6.45) is 3.40. The Bertz CT molecular complexity index is 833. The third-order valence-electron chi connectivity index (χ3n) is 4.08. The number of hydrogen-bond donors (Lipinski definition) is 2. The van der Waals surface area contributed by atoms with Gasteiger partial charge in [-0.2, -0.15) is 0 Å². The van der Waals surface area contributed by atoms with E-state index in [0.717, 1.165) is 24.9 Å². The van der Waals surface area contributed by atoms with Crippen LogP contribution in [0.4, 0.5) is 5.69 Å². The molecule has 2 N–H and O–H groups in total. The summed E-state index contributed by atoms with van der Waals surface area (Å²) >= 11 is 0.